The van der Waals surface area contributed by atoms with Crippen LogP contribution in [0.5, 0.6) is 0 Å². The van der Waals surface area contributed by atoms with E-state index in [-0.39, 0.29) is 29.9 Å². The van der Waals surface area contributed by atoms with Gasteiger partial charge in [-0.05, 0) is 32.6 Å². The Morgan fingerprint density at radius 3 is 2.58 bits per heavy atom. The first kappa shape index (κ1) is 12.9. The summed E-state index contributed by atoms with van der Waals surface area (Å²) in [6.07, 6.45) is 4.28. The van der Waals surface area contributed by atoms with Gasteiger partial charge in [-0.15, -0.1) is 0 Å². The fourth-order valence-corrected chi connectivity index (χ4v) is 3.39. The number of nitrogens with one attached hydrogen (secondary N) is 1. The molecule has 5 heteroatoms. The van der Waals surface area contributed by atoms with Crippen LogP contribution < -0.4 is 5.32 Å². The maximum atomic E-state index is 12.5. The molecule has 19 heavy (non-hydrogen) atoms. The van der Waals surface area contributed by atoms with Crippen LogP contribution >= 0.6 is 0 Å². The first-order chi connectivity index (χ1) is 9.11. The average molecular weight is 265 g/mol. The third-order valence-corrected chi connectivity index (χ3v) is 4.73. The van der Waals surface area contributed by atoms with Gasteiger partial charge in [0.15, 0.2) is 0 Å². The zero-order valence-corrected chi connectivity index (χ0v) is 11.8. The van der Waals surface area contributed by atoms with Crippen molar-refractivity contribution in [3.8, 4) is 0 Å². The molecule has 2 aliphatic heterocycles. The molecule has 5 nitrogen and oxygen atoms in total. The van der Waals surface area contributed by atoms with Crippen molar-refractivity contribution in [2.75, 3.05) is 13.1 Å². The molecular formula is C14H23N3O2. The van der Waals surface area contributed by atoms with Crippen LogP contribution in [0.15, 0.2) is 0 Å². The maximum absolute atomic E-state index is 12.5. The minimum atomic E-state index is -0.321. The van der Waals surface area contributed by atoms with E-state index in [1.807, 2.05) is 18.7 Å². The van der Waals surface area contributed by atoms with Gasteiger partial charge in [0.05, 0.1) is 0 Å². The lowest BCUT2D eigenvalue weighted by molar-refractivity contribution is -0.151. The number of likely N-dealkylation sites (tertiary alicyclic amines) is 1. The van der Waals surface area contributed by atoms with E-state index in [9.17, 15) is 9.59 Å². The minimum absolute atomic E-state index is 0.00341. The Hall–Kier alpha value is -1.10. The first-order valence-corrected chi connectivity index (χ1v) is 7.48. The molecule has 0 spiro atoms. The summed E-state index contributed by atoms with van der Waals surface area (Å²) < 4.78 is 0. The van der Waals surface area contributed by atoms with Crippen LogP contribution in [0.25, 0.3) is 0 Å². The molecule has 0 radical (unpaired) electrons. The molecule has 3 atom stereocenters. The molecular weight excluding hydrogens is 242 g/mol. The van der Waals surface area contributed by atoms with Crippen molar-refractivity contribution >= 4 is 11.8 Å². The van der Waals surface area contributed by atoms with Crippen molar-refractivity contribution < 1.29 is 9.59 Å². The highest BCUT2D eigenvalue weighted by molar-refractivity contribution is 5.96. The average Bonchev–Trinajstić information content (AvgIpc) is 3.14. The highest BCUT2D eigenvalue weighted by atomic mass is 16.2. The molecule has 0 bridgehead atoms. The van der Waals surface area contributed by atoms with E-state index >= 15 is 0 Å². The topological polar surface area (TPSA) is 52.7 Å². The van der Waals surface area contributed by atoms with Gasteiger partial charge < -0.3 is 10.2 Å². The summed E-state index contributed by atoms with van der Waals surface area (Å²) in [5.41, 5.74) is 0. The van der Waals surface area contributed by atoms with Gasteiger partial charge in [0.1, 0.15) is 12.1 Å². The van der Waals surface area contributed by atoms with Crippen LogP contribution in [0.4, 0.5) is 0 Å². The van der Waals surface area contributed by atoms with Crippen LogP contribution in [-0.2, 0) is 9.59 Å². The van der Waals surface area contributed by atoms with Crippen LogP contribution in [0.3, 0.4) is 0 Å². The predicted molar refractivity (Wildman–Crippen MR) is 71.5 cm³/mol. The quantitative estimate of drug-likeness (QED) is 0.801. The maximum Gasteiger partial charge on any atom is 0.246 e. The summed E-state index contributed by atoms with van der Waals surface area (Å²) in [4.78, 5) is 28.8. The summed E-state index contributed by atoms with van der Waals surface area (Å²) in [7, 11) is 0. The molecule has 3 unspecified atom stereocenters. The number of hydrogen-bond acceptors (Lipinski definition) is 3. The SMILES string of the molecule is CCC1NC(=O)C(C)N(C2CCN(C3CC3)C2)C1=O. The second-order valence-corrected chi connectivity index (χ2v) is 6.06. The van der Waals surface area contributed by atoms with Gasteiger partial charge in [-0.3, -0.25) is 14.5 Å². The van der Waals surface area contributed by atoms with Crippen LogP contribution in [0.1, 0.15) is 39.5 Å². The smallest absolute Gasteiger partial charge is 0.246 e. The lowest BCUT2D eigenvalue weighted by Gasteiger charge is -2.40. The summed E-state index contributed by atoms with van der Waals surface area (Å²) in [6, 6.07) is 0.331. The van der Waals surface area contributed by atoms with Gasteiger partial charge in [-0.25, -0.2) is 0 Å². The molecule has 2 saturated heterocycles. The minimum Gasteiger partial charge on any atom is -0.343 e. The normalized spacial score (nSPS) is 36.7. The van der Waals surface area contributed by atoms with Crippen molar-refractivity contribution in [1.29, 1.82) is 0 Å². The van der Waals surface area contributed by atoms with Crippen LogP contribution in [-0.4, -0.2) is 58.9 Å². The molecule has 1 N–H and O–H groups in total. The monoisotopic (exact) mass is 265 g/mol. The van der Waals surface area contributed by atoms with E-state index in [1.165, 1.54) is 12.8 Å². The standard InChI is InChI=1S/C14H23N3O2/c1-3-12-14(19)17(9(2)13(18)15-12)11-6-7-16(8-11)10-4-5-10/h9-12H,3-8H2,1-2H3,(H,15,18). The van der Waals surface area contributed by atoms with Gasteiger partial charge in [0, 0.05) is 25.2 Å². The van der Waals surface area contributed by atoms with E-state index in [4.69, 9.17) is 0 Å². The Morgan fingerprint density at radius 1 is 1.21 bits per heavy atom. The van der Waals surface area contributed by atoms with Crippen molar-refractivity contribution in [1.82, 2.24) is 15.1 Å². The fourth-order valence-electron chi connectivity index (χ4n) is 3.39. The number of carbonyl (C=O) groups excluding carboxylic acids is 2. The lowest BCUT2D eigenvalue weighted by Crippen LogP contribution is -2.65. The van der Waals surface area contributed by atoms with E-state index in [2.05, 4.69) is 10.2 Å². The largest absolute Gasteiger partial charge is 0.343 e. The van der Waals surface area contributed by atoms with E-state index in [0.29, 0.717) is 6.42 Å². The van der Waals surface area contributed by atoms with Crippen molar-refractivity contribution in [3.63, 3.8) is 0 Å². The zero-order chi connectivity index (χ0) is 13.6. The third kappa shape index (κ3) is 2.24. The second kappa shape index (κ2) is 4.78. The number of nitrogens with zero attached hydrogens (tertiary/aromatic N) is 2. The van der Waals surface area contributed by atoms with Gasteiger partial charge >= 0.3 is 0 Å². The zero-order valence-electron chi connectivity index (χ0n) is 11.8. The third-order valence-electron chi connectivity index (χ3n) is 4.73. The molecule has 0 aromatic carbocycles. The van der Waals surface area contributed by atoms with Crippen LogP contribution in [0, 0.1) is 0 Å². The summed E-state index contributed by atoms with van der Waals surface area (Å²) >= 11 is 0. The molecule has 0 aromatic heterocycles. The molecule has 2 heterocycles. The Kier molecular flexibility index (Phi) is 3.25. The fraction of sp³-hybridized carbons (Fsp3) is 0.857. The first-order valence-electron chi connectivity index (χ1n) is 7.48. The molecule has 3 fully saturated rings. The molecule has 3 rings (SSSR count). The van der Waals surface area contributed by atoms with Crippen molar-refractivity contribution in [3.05, 3.63) is 0 Å². The van der Waals surface area contributed by atoms with Crippen molar-refractivity contribution in [2.24, 2.45) is 0 Å². The number of amides is 2. The molecule has 3 aliphatic rings. The second-order valence-electron chi connectivity index (χ2n) is 6.06. The summed E-state index contributed by atoms with van der Waals surface area (Å²) in [6.45, 7) is 5.82. The Morgan fingerprint density at radius 2 is 1.95 bits per heavy atom. The Labute approximate surface area is 114 Å². The highest BCUT2D eigenvalue weighted by Gasteiger charge is 2.44. The molecule has 1 saturated carbocycles. The summed E-state index contributed by atoms with van der Waals surface area (Å²) in [5.74, 6) is 0.105. The number of rotatable bonds is 3. The predicted octanol–water partition coefficient (Wildman–Crippen LogP) is 0.349. The van der Waals surface area contributed by atoms with Gasteiger partial charge in [0.25, 0.3) is 0 Å². The Bertz CT molecular complexity index is 394. The number of piperazine rings is 1. The number of hydrogen-bond donors (Lipinski definition) is 1. The van der Waals surface area contributed by atoms with E-state index in [1.54, 1.807) is 0 Å². The Balaban J connectivity index is 1.73. The molecule has 2 amide bonds. The van der Waals surface area contributed by atoms with E-state index < -0.39 is 0 Å². The van der Waals surface area contributed by atoms with Crippen LogP contribution in [0.2, 0.25) is 0 Å². The molecule has 1 aliphatic carbocycles. The number of carbonyl (C=O) groups is 2. The van der Waals surface area contributed by atoms with Gasteiger partial charge in [-0.1, -0.05) is 6.92 Å². The highest BCUT2D eigenvalue weighted by Crippen LogP contribution is 2.32. The molecule has 106 valence electrons. The van der Waals surface area contributed by atoms with Gasteiger partial charge in [0.2, 0.25) is 11.8 Å². The van der Waals surface area contributed by atoms with Gasteiger partial charge in [-0.2, -0.15) is 0 Å². The van der Waals surface area contributed by atoms with E-state index in [0.717, 1.165) is 25.6 Å². The molecule has 0 aromatic rings. The van der Waals surface area contributed by atoms with Crippen molar-refractivity contribution in [2.45, 2.75) is 63.7 Å². The summed E-state index contributed by atoms with van der Waals surface area (Å²) in [5, 5.41) is 2.82. The lowest BCUT2D eigenvalue weighted by atomic mass is 10.0.